The topological polar surface area (TPSA) is 63.3 Å². The lowest BCUT2D eigenvalue weighted by atomic mass is 10.1. The molecule has 1 aromatic rings. The zero-order chi connectivity index (χ0) is 11.7. The van der Waals surface area contributed by atoms with Crippen molar-refractivity contribution >= 4 is 21.9 Å². The minimum Gasteiger partial charge on any atom is -0.480 e. The van der Waals surface area contributed by atoms with Gasteiger partial charge in [0.25, 0.3) is 0 Å². The van der Waals surface area contributed by atoms with Crippen molar-refractivity contribution in [3.63, 3.8) is 0 Å². The van der Waals surface area contributed by atoms with E-state index in [2.05, 4.69) is 15.9 Å². The Morgan fingerprint density at radius 2 is 1.93 bits per heavy atom. The van der Waals surface area contributed by atoms with Crippen LogP contribution in [0.5, 0.6) is 0 Å². The molecule has 15 heavy (non-hydrogen) atoms. The smallest absolute Gasteiger partial charge is 0.325 e. The Labute approximate surface area is 90.8 Å². The second-order valence-electron chi connectivity index (χ2n) is 2.70. The summed E-state index contributed by atoms with van der Waals surface area (Å²) in [4.78, 5) is 10.4. The van der Waals surface area contributed by atoms with Crippen LogP contribution in [0.3, 0.4) is 0 Å². The van der Waals surface area contributed by atoms with Crippen LogP contribution in [0.15, 0.2) is 10.5 Å². The molecule has 82 valence electrons. The number of carbonyl (C=O) groups is 1. The number of hydrogen-bond acceptors (Lipinski definition) is 2. The van der Waals surface area contributed by atoms with Gasteiger partial charge in [-0.25, -0.2) is 13.2 Å². The van der Waals surface area contributed by atoms with E-state index < -0.39 is 35.0 Å². The Hall–Kier alpha value is -1.08. The summed E-state index contributed by atoms with van der Waals surface area (Å²) >= 11 is 2.62. The molecule has 0 spiro atoms. The molecule has 7 heteroatoms. The summed E-state index contributed by atoms with van der Waals surface area (Å²) in [6.45, 7) is 0. The van der Waals surface area contributed by atoms with Crippen molar-refractivity contribution in [3.05, 3.63) is 33.6 Å². The molecule has 3 nitrogen and oxygen atoms in total. The molecule has 1 rings (SSSR count). The lowest BCUT2D eigenvalue weighted by Gasteiger charge is -2.10. The molecule has 0 aromatic heterocycles. The van der Waals surface area contributed by atoms with Crippen molar-refractivity contribution in [2.75, 3.05) is 0 Å². The molecule has 1 aromatic carbocycles. The molecule has 0 aliphatic carbocycles. The molecule has 0 amide bonds. The molecular formula is C8H5BrF3NO2. The van der Waals surface area contributed by atoms with E-state index in [1.807, 2.05) is 0 Å². The van der Waals surface area contributed by atoms with Crippen molar-refractivity contribution in [3.8, 4) is 0 Å². The summed E-state index contributed by atoms with van der Waals surface area (Å²) < 4.78 is 38.8. The first-order valence-corrected chi connectivity index (χ1v) is 4.46. The van der Waals surface area contributed by atoms with Gasteiger partial charge in [-0.05, 0) is 22.0 Å². The average molecular weight is 284 g/mol. The Bertz CT molecular complexity index is 399. The molecule has 0 aliphatic heterocycles. The van der Waals surface area contributed by atoms with E-state index in [0.717, 1.165) is 0 Å². The Morgan fingerprint density at radius 1 is 1.40 bits per heavy atom. The molecule has 0 saturated carbocycles. The van der Waals surface area contributed by atoms with Gasteiger partial charge in [0.1, 0.15) is 11.9 Å². The summed E-state index contributed by atoms with van der Waals surface area (Å²) in [6, 6.07) is -1.39. The van der Waals surface area contributed by atoms with Crippen LogP contribution in [0, 0.1) is 17.5 Å². The fourth-order valence-electron chi connectivity index (χ4n) is 0.988. The van der Waals surface area contributed by atoms with E-state index >= 15 is 0 Å². The summed E-state index contributed by atoms with van der Waals surface area (Å²) in [5.74, 6) is -5.82. The molecule has 3 N–H and O–H groups in total. The Balaban J connectivity index is 3.45. The van der Waals surface area contributed by atoms with Gasteiger partial charge in [-0.2, -0.15) is 0 Å². The zero-order valence-electron chi connectivity index (χ0n) is 7.10. The highest BCUT2D eigenvalue weighted by atomic mass is 79.9. The lowest BCUT2D eigenvalue weighted by molar-refractivity contribution is -0.138. The van der Waals surface area contributed by atoms with Crippen LogP contribution in [0.1, 0.15) is 11.6 Å². The molecule has 0 saturated heterocycles. The third-order valence-electron chi connectivity index (χ3n) is 1.72. The second kappa shape index (κ2) is 4.19. The molecule has 0 heterocycles. The summed E-state index contributed by atoms with van der Waals surface area (Å²) in [6.07, 6.45) is 0. The maximum Gasteiger partial charge on any atom is 0.325 e. The van der Waals surface area contributed by atoms with Gasteiger partial charge in [0.05, 0.1) is 10.0 Å². The molecule has 1 unspecified atom stereocenters. The normalized spacial score (nSPS) is 12.6. The summed E-state index contributed by atoms with van der Waals surface area (Å²) in [7, 11) is 0. The quantitative estimate of drug-likeness (QED) is 0.816. The molecule has 0 aliphatic rings. The Kier molecular flexibility index (Phi) is 3.35. The maximum atomic E-state index is 13.3. The van der Waals surface area contributed by atoms with Gasteiger partial charge in [0.15, 0.2) is 11.6 Å². The fraction of sp³-hybridized carbons (Fsp3) is 0.125. The van der Waals surface area contributed by atoms with Crippen LogP contribution in [0.25, 0.3) is 0 Å². The van der Waals surface area contributed by atoms with E-state index in [1.54, 1.807) is 0 Å². The number of carboxylic acids is 1. The third-order valence-corrected chi connectivity index (χ3v) is 2.30. The number of aliphatic carboxylic acids is 1. The molecule has 0 bridgehead atoms. The second-order valence-corrected chi connectivity index (χ2v) is 3.55. The van der Waals surface area contributed by atoms with E-state index in [9.17, 15) is 18.0 Å². The molecule has 1 atom stereocenters. The SMILES string of the molecule is NC(C(=O)O)c1c(F)c(F)cc(Br)c1F. The summed E-state index contributed by atoms with van der Waals surface area (Å²) in [5.41, 5.74) is 4.00. The van der Waals surface area contributed by atoms with Crippen molar-refractivity contribution in [1.82, 2.24) is 0 Å². The van der Waals surface area contributed by atoms with E-state index in [1.165, 1.54) is 0 Å². The fourth-order valence-corrected chi connectivity index (χ4v) is 1.40. The van der Waals surface area contributed by atoms with Crippen LogP contribution >= 0.6 is 15.9 Å². The van der Waals surface area contributed by atoms with Gasteiger partial charge in [-0.3, -0.25) is 4.79 Å². The Morgan fingerprint density at radius 3 is 2.40 bits per heavy atom. The van der Waals surface area contributed by atoms with Crippen molar-refractivity contribution in [2.45, 2.75) is 6.04 Å². The van der Waals surface area contributed by atoms with Crippen LogP contribution in [-0.2, 0) is 4.79 Å². The van der Waals surface area contributed by atoms with Crippen LogP contribution in [-0.4, -0.2) is 11.1 Å². The standard InChI is InChI=1S/C8H5BrF3NO2/c9-2-1-3(10)6(12)4(5(2)11)7(13)8(14)15/h1,7H,13H2,(H,14,15). The average Bonchev–Trinajstić information content (AvgIpc) is 2.15. The first-order valence-electron chi connectivity index (χ1n) is 3.67. The molecule has 0 radical (unpaired) electrons. The third kappa shape index (κ3) is 2.13. The van der Waals surface area contributed by atoms with Crippen LogP contribution in [0.4, 0.5) is 13.2 Å². The minimum atomic E-state index is -1.95. The highest BCUT2D eigenvalue weighted by Gasteiger charge is 2.27. The monoisotopic (exact) mass is 283 g/mol. The minimum absolute atomic E-state index is 0.381. The van der Waals surface area contributed by atoms with Crippen molar-refractivity contribution in [1.29, 1.82) is 0 Å². The van der Waals surface area contributed by atoms with Crippen molar-refractivity contribution in [2.24, 2.45) is 5.73 Å². The lowest BCUT2D eigenvalue weighted by Crippen LogP contribution is -2.24. The van der Waals surface area contributed by atoms with Crippen LogP contribution in [0.2, 0.25) is 0 Å². The van der Waals surface area contributed by atoms with Gasteiger partial charge in [0.2, 0.25) is 0 Å². The largest absolute Gasteiger partial charge is 0.480 e. The number of rotatable bonds is 2. The van der Waals surface area contributed by atoms with Crippen LogP contribution < -0.4 is 5.73 Å². The molecule has 0 fully saturated rings. The zero-order valence-corrected chi connectivity index (χ0v) is 8.69. The van der Waals surface area contributed by atoms with Gasteiger partial charge < -0.3 is 10.8 Å². The highest BCUT2D eigenvalue weighted by Crippen LogP contribution is 2.27. The predicted molar refractivity (Wildman–Crippen MR) is 48.6 cm³/mol. The van der Waals surface area contributed by atoms with Gasteiger partial charge in [-0.1, -0.05) is 0 Å². The first-order chi connectivity index (χ1) is 6.86. The van der Waals surface area contributed by atoms with Gasteiger partial charge >= 0.3 is 5.97 Å². The first kappa shape index (κ1) is 12.0. The summed E-state index contributed by atoms with van der Waals surface area (Å²) in [5, 5.41) is 8.47. The van der Waals surface area contributed by atoms with E-state index in [-0.39, 0.29) is 4.47 Å². The van der Waals surface area contributed by atoms with Gasteiger partial charge in [0, 0.05) is 0 Å². The maximum absolute atomic E-state index is 13.3. The predicted octanol–water partition coefficient (Wildman–Crippen LogP) is 1.95. The van der Waals surface area contributed by atoms with Crippen molar-refractivity contribution < 1.29 is 23.1 Å². The van der Waals surface area contributed by atoms with Gasteiger partial charge in [-0.15, -0.1) is 0 Å². The number of benzene rings is 1. The molecular weight excluding hydrogens is 279 g/mol. The number of hydrogen-bond donors (Lipinski definition) is 2. The number of carboxylic acid groups (broad SMARTS) is 1. The van der Waals surface area contributed by atoms with E-state index in [4.69, 9.17) is 10.8 Å². The number of halogens is 4. The number of nitrogens with two attached hydrogens (primary N) is 1. The van der Waals surface area contributed by atoms with E-state index in [0.29, 0.717) is 6.07 Å². The highest BCUT2D eigenvalue weighted by molar-refractivity contribution is 9.10.